The molecule has 1 heteroatoms. The van der Waals surface area contributed by atoms with Crippen molar-refractivity contribution in [2.45, 2.75) is 6.92 Å². The number of para-hydroxylation sites is 1. The van der Waals surface area contributed by atoms with Crippen LogP contribution in [-0.2, 0) is 0 Å². The molecule has 0 saturated carbocycles. The average Bonchev–Trinajstić information content (AvgIpc) is 2.48. The zero-order valence-electron chi connectivity index (χ0n) is 11.5. The Bertz CT molecular complexity index is 680. The molecule has 0 aliphatic rings. The Balaban J connectivity index is 2.25. The summed E-state index contributed by atoms with van der Waals surface area (Å²) in [5.41, 5.74) is 13.0. The highest BCUT2D eigenvalue weighted by Gasteiger charge is 2.10. The first-order valence-electron chi connectivity index (χ1n) is 6.77. The normalized spacial score (nSPS) is 10.4. The van der Waals surface area contributed by atoms with E-state index in [9.17, 15) is 0 Å². The molecule has 0 amide bonds. The summed E-state index contributed by atoms with van der Waals surface area (Å²) in [5.74, 6) is 0. The molecule has 0 bridgehead atoms. The summed E-state index contributed by atoms with van der Waals surface area (Å²) in [5, 5.41) is 0. The lowest BCUT2D eigenvalue weighted by atomic mass is 9.91. The third-order valence-corrected chi connectivity index (χ3v) is 3.61. The molecule has 0 fully saturated rings. The van der Waals surface area contributed by atoms with E-state index in [0.717, 1.165) is 11.3 Å². The fourth-order valence-electron chi connectivity index (χ4n) is 2.57. The van der Waals surface area contributed by atoms with Gasteiger partial charge in [-0.25, -0.2) is 0 Å². The molecule has 3 aromatic rings. The van der Waals surface area contributed by atoms with Gasteiger partial charge in [0, 0.05) is 11.3 Å². The van der Waals surface area contributed by atoms with Crippen LogP contribution in [0.5, 0.6) is 0 Å². The predicted molar refractivity (Wildman–Crippen MR) is 86.5 cm³/mol. The molecule has 0 aromatic heterocycles. The van der Waals surface area contributed by atoms with Crippen molar-refractivity contribution < 1.29 is 0 Å². The molecule has 0 unspecified atom stereocenters. The van der Waals surface area contributed by atoms with Gasteiger partial charge in [0.25, 0.3) is 0 Å². The number of nitrogen functional groups attached to an aromatic ring is 1. The van der Waals surface area contributed by atoms with E-state index in [4.69, 9.17) is 5.73 Å². The molecule has 0 atom stereocenters. The zero-order chi connectivity index (χ0) is 13.9. The maximum absolute atomic E-state index is 6.14. The minimum absolute atomic E-state index is 0.813. The fraction of sp³-hybridized carbons (Fsp3) is 0.0526. The lowest BCUT2D eigenvalue weighted by Gasteiger charge is -2.13. The van der Waals surface area contributed by atoms with E-state index < -0.39 is 0 Å². The third kappa shape index (κ3) is 2.19. The number of hydrogen-bond acceptors (Lipinski definition) is 1. The predicted octanol–water partition coefficient (Wildman–Crippen LogP) is 4.91. The Hall–Kier alpha value is -2.54. The SMILES string of the molecule is Cc1ccccc1-c1ccccc1-c1ccccc1N. The monoisotopic (exact) mass is 259 g/mol. The largest absolute Gasteiger partial charge is 0.398 e. The van der Waals surface area contributed by atoms with Crippen molar-refractivity contribution in [2.75, 3.05) is 5.73 Å². The summed E-state index contributed by atoms with van der Waals surface area (Å²) in [4.78, 5) is 0. The van der Waals surface area contributed by atoms with E-state index in [1.165, 1.54) is 22.3 Å². The Labute approximate surface area is 119 Å². The topological polar surface area (TPSA) is 26.0 Å². The minimum atomic E-state index is 0.813. The Kier molecular flexibility index (Phi) is 3.26. The highest BCUT2D eigenvalue weighted by atomic mass is 14.6. The summed E-state index contributed by atoms with van der Waals surface area (Å²) < 4.78 is 0. The van der Waals surface area contributed by atoms with Crippen LogP contribution in [0.2, 0.25) is 0 Å². The van der Waals surface area contributed by atoms with Crippen molar-refractivity contribution in [1.29, 1.82) is 0 Å². The van der Waals surface area contributed by atoms with Crippen molar-refractivity contribution in [3.05, 3.63) is 78.4 Å². The molecule has 0 heterocycles. The van der Waals surface area contributed by atoms with Crippen LogP contribution in [0.4, 0.5) is 5.69 Å². The van der Waals surface area contributed by atoms with Gasteiger partial charge in [0.1, 0.15) is 0 Å². The first-order chi connectivity index (χ1) is 9.77. The van der Waals surface area contributed by atoms with Gasteiger partial charge in [0.15, 0.2) is 0 Å². The highest BCUT2D eigenvalue weighted by Crippen LogP contribution is 2.35. The summed E-state index contributed by atoms with van der Waals surface area (Å²) in [6.07, 6.45) is 0. The molecule has 0 aliphatic carbocycles. The van der Waals surface area contributed by atoms with Crippen LogP contribution in [0.3, 0.4) is 0 Å². The van der Waals surface area contributed by atoms with E-state index in [1.54, 1.807) is 0 Å². The Morgan fingerprint density at radius 3 is 1.60 bits per heavy atom. The smallest absolute Gasteiger partial charge is 0.0393 e. The quantitative estimate of drug-likeness (QED) is 0.650. The lowest BCUT2D eigenvalue weighted by molar-refractivity contribution is 1.46. The molecular formula is C19H17N. The summed E-state index contributed by atoms with van der Waals surface area (Å²) in [6, 6.07) is 24.9. The van der Waals surface area contributed by atoms with Crippen LogP contribution in [0, 0.1) is 6.92 Å². The molecule has 20 heavy (non-hydrogen) atoms. The maximum Gasteiger partial charge on any atom is 0.0393 e. The number of benzene rings is 3. The second-order valence-corrected chi connectivity index (χ2v) is 4.95. The maximum atomic E-state index is 6.14. The van der Waals surface area contributed by atoms with Gasteiger partial charge < -0.3 is 5.73 Å². The van der Waals surface area contributed by atoms with Gasteiger partial charge in [-0.3, -0.25) is 0 Å². The van der Waals surface area contributed by atoms with Crippen molar-refractivity contribution in [3.63, 3.8) is 0 Å². The van der Waals surface area contributed by atoms with Crippen molar-refractivity contribution >= 4 is 5.69 Å². The molecule has 2 N–H and O–H groups in total. The van der Waals surface area contributed by atoms with Gasteiger partial charge in [-0.1, -0.05) is 66.7 Å². The second kappa shape index (κ2) is 5.22. The number of rotatable bonds is 2. The van der Waals surface area contributed by atoms with Crippen LogP contribution in [0.1, 0.15) is 5.56 Å². The van der Waals surface area contributed by atoms with Gasteiger partial charge in [-0.2, -0.15) is 0 Å². The summed E-state index contributed by atoms with van der Waals surface area (Å²) in [7, 11) is 0. The fourth-order valence-corrected chi connectivity index (χ4v) is 2.57. The Morgan fingerprint density at radius 1 is 0.550 bits per heavy atom. The van der Waals surface area contributed by atoms with Crippen LogP contribution < -0.4 is 5.73 Å². The molecule has 0 radical (unpaired) electrons. The summed E-state index contributed by atoms with van der Waals surface area (Å²) in [6.45, 7) is 2.14. The van der Waals surface area contributed by atoms with Crippen molar-refractivity contribution in [2.24, 2.45) is 0 Å². The first-order valence-corrected chi connectivity index (χ1v) is 6.77. The van der Waals surface area contributed by atoms with Crippen molar-refractivity contribution in [1.82, 2.24) is 0 Å². The van der Waals surface area contributed by atoms with E-state index in [-0.39, 0.29) is 0 Å². The van der Waals surface area contributed by atoms with E-state index >= 15 is 0 Å². The minimum Gasteiger partial charge on any atom is -0.398 e. The molecule has 0 spiro atoms. The van der Waals surface area contributed by atoms with Crippen LogP contribution in [0.15, 0.2) is 72.8 Å². The molecule has 0 aliphatic heterocycles. The van der Waals surface area contributed by atoms with E-state index in [1.807, 2.05) is 18.2 Å². The van der Waals surface area contributed by atoms with E-state index in [0.29, 0.717) is 0 Å². The number of anilines is 1. The van der Waals surface area contributed by atoms with Crippen LogP contribution >= 0.6 is 0 Å². The third-order valence-electron chi connectivity index (χ3n) is 3.61. The van der Waals surface area contributed by atoms with Gasteiger partial charge in [0.05, 0.1) is 0 Å². The lowest BCUT2D eigenvalue weighted by Crippen LogP contribution is -1.92. The molecule has 0 saturated heterocycles. The molecule has 3 aromatic carbocycles. The van der Waals surface area contributed by atoms with Gasteiger partial charge in [-0.15, -0.1) is 0 Å². The standard InChI is InChI=1S/C19H17N/c1-14-8-2-3-9-15(14)16-10-4-5-11-17(16)18-12-6-7-13-19(18)20/h2-13H,20H2,1H3. The number of aryl methyl sites for hydroxylation is 1. The highest BCUT2D eigenvalue weighted by molar-refractivity contribution is 5.89. The number of nitrogens with two attached hydrogens (primary N) is 1. The van der Waals surface area contributed by atoms with Crippen LogP contribution in [-0.4, -0.2) is 0 Å². The van der Waals surface area contributed by atoms with Crippen LogP contribution in [0.25, 0.3) is 22.3 Å². The molecule has 3 rings (SSSR count). The van der Waals surface area contributed by atoms with Gasteiger partial charge in [0.2, 0.25) is 0 Å². The Morgan fingerprint density at radius 2 is 1.00 bits per heavy atom. The average molecular weight is 259 g/mol. The van der Waals surface area contributed by atoms with Gasteiger partial charge >= 0.3 is 0 Å². The van der Waals surface area contributed by atoms with Gasteiger partial charge in [-0.05, 0) is 35.2 Å². The number of hydrogen-bond donors (Lipinski definition) is 1. The summed E-state index contributed by atoms with van der Waals surface area (Å²) >= 11 is 0. The van der Waals surface area contributed by atoms with E-state index in [2.05, 4.69) is 61.5 Å². The molecule has 1 nitrogen and oxygen atoms in total. The molecule has 98 valence electrons. The van der Waals surface area contributed by atoms with Crippen molar-refractivity contribution in [3.8, 4) is 22.3 Å². The molecular weight excluding hydrogens is 242 g/mol. The second-order valence-electron chi connectivity index (χ2n) is 4.95. The first kappa shape index (κ1) is 12.5. The zero-order valence-corrected chi connectivity index (χ0v) is 11.5.